The number of halogens is 1. The molecule has 0 spiro atoms. The van der Waals surface area contributed by atoms with Crippen LogP contribution >= 0.6 is 11.3 Å². The third kappa shape index (κ3) is 3.08. The van der Waals surface area contributed by atoms with E-state index in [1.54, 1.807) is 29.2 Å². The topological polar surface area (TPSA) is 59.5 Å². The standard InChI is InChI=1S/C13H15FN2O3S2/c14-12(9-16-5-7-19-8-6-16)21(17,18)13-15-10-3-1-2-4-11(10)20-13/h1-4,12H,5-9H2. The van der Waals surface area contributed by atoms with Crippen molar-refractivity contribution in [1.82, 2.24) is 9.88 Å². The Bertz CT molecular complexity index is 693. The summed E-state index contributed by atoms with van der Waals surface area (Å²) in [4.78, 5) is 5.81. The van der Waals surface area contributed by atoms with Gasteiger partial charge in [-0.3, -0.25) is 4.90 Å². The number of benzene rings is 1. The second-order valence-electron chi connectivity index (χ2n) is 4.82. The van der Waals surface area contributed by atoms with Gasteiger partial charge in [-0.25, -0.2) is 17.8 Å². The minimum absolute atomic E-state index is 0.137. The van der Waals surface area contributed by atoms with Gasteiger partial charge in [-0.15, -0.1) is 11.3 Å². The van der Waals surface area contributed by atoms with E-state index < -0.39 is 15.3 Å². The third-order valence-electron chi connectivity index (χ3n) is 3.36. The first kappa shape index (κ1) is 14.8. The molecule has 0 bridgehead atoms. The lowest BCUT2D eigenvalue weighted by atomic mass is 10.3. The molecule has 8 heteroatoms. The van der Waals surface area contributed by atoms with Crippen molar-refractivity contribution in [3.8, 4) is 0 Å². The number of sulfone groups is 1. The van der Waals surface area contributed by atoms with Gasteiger partial charge in [-0.05, 0) is 12.1 Å². The Labute approximate surface area is 126 Å². The number of morpholine rings is 1. The molecule has 1 saturated heterocycles. The van der Waals surface area contributed by atoms with Crippen LogP contribution in [0.5, 0.6) is 0 Å². The Kier molecular flexibility index (Phi) is 4.21. The highest BCUT2D eigenvalue weighted by Crippen LogP contribution is 2.28. The van der Waals surface area contributed by atoms with Crippen LogP contribution in [0.2, 0.25) is 0 Å². The molecule has 3 rings (SSSR count). The first-order valence-corrected chi connectivity index (χ1v) is 8.97. The van der Waals surface area contributed by atoms with Crippen LogP contribution in [0.3, 0.4) is 0 Å². The highest BCUT2D eigenvalue weighted by Gasteiger charge is 2.32. The second-order valence-corrected chi connectivity index (χ2v) is 8.09. The number of aromatic nitrogens is 1. The van der Waals surface area contributed by atoms with Gasteiger partial charge in [-0.1, -0.05) is 12.1 Å². The van der Waals surface area contributed by atoms with Crippen LogP contribution in [0.4, 0.5) is 4.39 Å². The summed E-state index contributed by atoms with van der Waals surface area (Å²) in [5.74, 6) is 0. The molecule has 1 aromatic heterocycles. The van der Waals surface area contributed by atoms with Crippen molar-refractivity contribution < 1.29 is 17.5 Å². The van der Waals surface area contributed by atoms with E-state index in [-0.39, 0.29) is 10.9 Å². The van der Waals surface area contributed by atoms with E-state index in [4.69, 9.17) is 4.74 Å². The summed E-state index contributed by atoms with van der Waals surface area (Å²) < 4.78 is 44.6. The highest BCUT2D eigenvalue weighted by atomic mass is 32.2. The number of thiazole rings is 1. The van der Waals surface area contributed by atoms with E-state index in [0.717, 1.165) is 16.0 Å². The average Bonchev–Trinajstić information content (AvgIpc) is 2.93. The molecule has 1 aromatic carbocycles. The molecule has 0 saturated carbocycles. The van der Waals surface area contributed by atoms with E-state index in [9.17, 15) is 12.8 Å². The average molecular weight is 330 g/mol. The van der Waals surface area contributed by atoms with Crippen LogP contribution in [0.25, 0.3) is 10.2 Å². The summed E-state index contributed by atoms with van der Waals surface area (Å²) in [6.07, 6.45) is 0. The fourth-order valence-corrected chi connectivity index (χ4v) is 4.76. The first-order valence-electron chi connectivity index (χ1n) is 6.61. The van der Waals surface area contributed by atoms with Gasteiger partial charge in [0.05, 0.1) is 23.4 Å². The second kappa shape index (κ2) is 5.96. The predicted molar refractivity (Wildman–Crippen MR) is 79.0 cm³/mol. The molecule has 1 atom stereocenters. The Hall–Kier alpha value is -1.09. The molecule has 2 aromatic rings. The number of nitrogens with zero attached hydrogens (tertiary/aromatic N) is 2. The largest absolute Gasteiger partial charge is 0.379 e. The van der Waals surface area contributed by atoms with Crippen molar-refractivity contribution in [2.24, 2.45) is 0 Å². The maximum atomic E-state index is 14.3. The maximum absolute atomic E-state index is 14.3. The van der Waals surface area contributed by atoms with Crippen molar-refractivity contribution in [3.05, 3.63) is 24.3 Å². The number of rotatable bonds is 4. The van der Waals surface area contributed by atoms with Crippen LogP contribution in [-0.4, -0.2) is 56.7 Å². The van der Waals surface area contributed by atoms with E-state index in [0.29, 0.717) is 31.8 Å². The molecule has 1 unspecified atom stereocenters. The van der Waals surface area contributed by atoms with Crippen LogP contribution in [0.15, 0.2) is 28.6 Å². The molecular weight excluding hydrogens is 315 g/mol. The lowest BCUT2D eigenvalue weighted by Crippen LogP contribution is -2.41. The SMILES string of the molecule is O=S(=O)(c1nc2ccccc2s1)C(F)CN1CCOCC1. The summed E-state index contributed by atoms with van der Waals surface area (Å²) in [5, 5.41) is 0. The Morgan fingerprint density at radius 1 is 1.33 bits per heavy atom. The third-order valence-corrected chi connectivity index (χ3v) is 6.54. The quantitative estimate of drug-likeness (QED) is 0.854. The monoisotopic (exact) mass is 330 g/mol. The Morgan fingerprint density at radius 2 is 2.05 bits per heavy atom. The molecule has 2 heterocycles. The minimum Gasteiger partial charge on any atom is -0.379 e. The minimum atomic E-state index is -4.04. The van der Waals surface area contributed by atoms with Crippen LogP contribution < -0.4 is 0 Å². The predicted octanol–water partition coefficient (Wildman–Crippen LogP) is 1.70. The Balaban J connectivity index is 1.81. The number of alkyl halides is 1. The summed E-state index contributed by atoms with van der Waals surface area (Å²) in [6, 6.07) is 7.08. The fraction of sp³-hybridized carbons (Fsp3) is 0.462. The summed E-state index contributed by atoms with van der Waals surface area (Å²) in [5.41, 5.74) is -1.38. The van der Waals surface area contributed by atoms with Crippen molar-refractivity contribution >= 4 is 31.4 Å². The molecular formula is C13H15FN2O3S2. The lowest BCUT2D eigenvalue weighted by molar-refractivity contribution is 0.0328. The zero-order valence-electron chi connectivity index (χ0n) is 11.2. The van der Waals surface area contributed by atoms with Crippen LogP contribution in [-0.2, 0) is 14.6 Å². The number of ether oxygens (including phenoxy) is 1. The highest BCUT2D eigenvalue weighted by molar-refractivity contribution is 7.93. The van der Waals surface area contributed by atoms with Gasteiger partial charge >= 0.3 is 0 Å². The molecule has 21 heavy (non-hydrogen) atoms. The first-order chi connectivity index (χ1) is 10.1. The molecule has 114 valence electrons. The van der Waals surface area contributed by atoms with Crippen molar-refractivity contribution in [2.45, 2.75) is 9.84 Å². The van der Waals surface area contributed by atoms with Gasteiger partial charge in [-0.2, -0.15) is 0 Å². The molecule has 0 amide bonds. The van der Waals surface area contributed by atoms with Gasteiger partial charge in [0, 0.05) is 19.6 Å². The van der Waals surface area contributed by atoms with Gasteiger partial charge in [0.15, 0.2) is 0 Å². The van der Waals surface area contributed by atoms with Crippen LogP contribution in [0, 0.1) is 0 Å². The Morgan fingerprint density at radius 3 is 2.76 bits per heavy atom. The molecule has 0 N–H and O–H groups in total. The molecule has 0 radical (unpaired) electrons. The van der Waals surface area contributed by atoms with Gasteiger partial charge in [0.2, 0.25) is 19.7 Å². The number of hydrogen-bond donors (Lipinski definition) is 0. The molecule has 1 aliphatic rings. The van der Waals surface area contributed by atoms with Crippen molar-refractivity contribution in [1.29, 1.82) is 0 Å². The smallest absolute Gasteiger partial charge is 0.238 e. The van der Waals surface area contributed by atoms with E-state index in [2.05, 4.69) is 4.98 Å². The zero-order chi connectivity index (χ0) is 14.9. The van der Waals surface area contributed by atoms with Crippen LogP contribution in [0.1, 0.15) is 0 Å². The summed E-state index contributed by atoms with van der Waals surface area (Å²) in [6.45, 7) is 1.98. The van der Waals surface area contributed by atoms with Crippen molar-refractivity contribution in [3.63, 3.8) is 0 Å². The van der Waals surface area contributed by atoms with E-state index >= 15 is 0 Å². The molecule has 1 fully saturated rings. The molecule has 0 aliphatic carbocycles. The normalized spacial score (nSPS) is 18.9. The molecule has 5 nitrogen and oxygen atoms in total. The van der Waals surface area contributed by atoms with Gasteiger partial charge in [0.25, 0.3) is 0 Å². The van der Waals surface area contributed by atoms with E-state index in [1.807, 2.05) is 0 Å². The zero-order valence-corrected chi connectivity index (χ0v) is 12.9. The summed E-state index contributed by atoms with van der Waals surface area (Å²) >= 11 is 1.01. The number of hydrogen-bond acceptors (Lipinski definition) is 6. The summed E-state index contributed by atoms with van der Waals surface area (Å²) in [7, 11) is -4.04. The number of para-hydroxylation sites is 1. The van der Waals surface area contributed by atoms with Gasteiger partial charge < -0.3 is 4.74 Å². The fourth-order valence-electron chi connectivity index (χ4n) is 2.17. The van der Waals surface area contributed by atoms with Crippen molar-refractivity contribution in [2.75, 3.05) is 32.8 Å². The number of fused-ring (bicyclic) bond motifs is 1. The lowest BCUT2D eigenvalue weighted by Gasteiger charge is -2.27. The maximum Gasteiger partial charge on any atom is 0.238 e. The molecule has 1 aliphatic heterocycles. The van der Waals surface area contributed by atoms with E-state index in [1.165, 1.54) is 0 Å². The van der Waals surface area contributed by atoms with Gasteiger partial charge in [0.1, 0.15) is 0 Å².